The van der Waals surface area contributed by atoms with E-state index >= 15 is 0 Å². The summed E-state index contributed by atoms with van der Waals surface area (Å²) in [6.07, 6.45) is 3.69. The third-order valence-electron chi connectivity index (χ3n) is 4.40. The van der Waals surface area contributed by atoms with Gasteiger partial charge in [-0.05, 0) is 49.6 Å². The number of hydrogen-bond donors (Lipinski definition) is 1. The van der Waals surface area contributed by atoms with E-state index in [2.05, 4.69) is 22.4 Å². The van der Waals surface area contributed by atoms with Crippen LogP contribution >= 0.6 is 11.8 Å². The zero-order valence-corrected chi connectivity index (χ0v) is 16.7. The van der Waals surface area contributed by atoms with Crippen molar-refractivity contribution in [3.05, 3.63) is 47.7 Å². The maximum absolute atomic E-state index is 12.4. The molecule has 0 unspecified atom stereocenters. The molecule has 1 amide bonds. The summed E-state index contributed by atoms with van der Waals surface area (Å²) in [6, 6.07) is 9.60. The van der Waals surface area contributed by atoms with E-state index in [0.717, 1.165) is 41.4 Å². The molecule has 7 heteroatoms. The van der Waals surface area contributed by atoms with E-state index in [1.165, 1.54) is 11.8 Å². The molecule has 0 aliphatic heterocycles. The monoisotopic (exact) mass is 384 g/mol. The summed E-state index contributed by atoms with van der Waals surface area (Å²) in [4.78, 5) is 12.4. The fourth-order valence-electron chi connectivity index (χ4n) is 2.70. The minimum absolute atomic E-state index is 0.0571. The number of carbonyl (C=O) groups is 1. The largest absolute Gasteiger partial charge is 0.461 e. The van der Waals surface area contributed by atoms with Gasteiger partial charge in [-0.2, -0.15) is 0 Å². The average molecular weight is 385 g/mol. The van der Waals surface area contributed by atoms with Gasteiger partial charge in [-0.1, -0.05) is 37.2 Å². The number of hydrogen-bond acceptors (Lipinski definition) is 5. The molecular weight excluding hydrogens is 360 g/mol. The molecule has 0 atom stereocenters. The Morgan fingerprint density at radius 3 is 2.81 bits per heavy atom. The molecule has 142 valence electrons. The number of aromatic nitrogens is 3. The van der Waals surface area contributed by atoms with Crippen molar-refractivity contribution >= 4 is 23.4 Å². The molecule has 3 aromatic rings. The van der Waals surface area contributed by atoms with Crippen LogP contribution in [0.1, 0.15) is 30.9 Å². The van der Waals surface area contributed by atoms with Gasteiger partial charge in [0.05, 0.1) is 12.0 Å². The Hall–Kier alpha value is -2.54. The van der Waals surface area contributed by atoms with Crippen LogP contribution in [-0.4, -0.2) is 26.4 Å². The predicted octanol–water partition coefficient (Wildman–Crippen LogP) is 4.69. The molecule has 6 nitrogen and oxygen atoms in total. The van der Waals surface area contributed by atoms with Crippen LogP contribution in [0.4, 0.5) is 5.69 Å². The second-order valence-electron chi connectivity index (χ2n) is 6.37. The SMILES string of the molecule is CCCCn1c(SCC(=O)Nc2cccc(C)c2C)nnc1-c1ccco1. The van der Waals surface area contributed by atoms with Gasteiger partial charge >= 0.3 is 0 Å². The Bertz CT molecular complexity index is 903. The summed E-state index contributed by atoms with van der Waals surface area (Å²) in [7, 11) is 0. The highest BCUT2D eigenvalue weighted by Crippen LogP contribution is 2.25. The van der Waals surface area contributed by atoms with E-state index < -0.39 is 0 Å². The van der Waals surface area contributed by atoms with E-state index in [1.807, 2.05) is 48.7 Å². The standard InChI is InChI=1S/C20H24N4O2S/c1-4-5-11-24-19(17-10-7-12-26-17)22-23-20(24)27-13-18(25)21-16-9-6-8-14(2)15(16)3/h6-10,12H,4-5,11,13H2,1-3H3,(H,21,25). The number of benzene rings is 1. The summed E-state index contributed by atoms with van der Waals surface area (Å²) in [5.74, 6) is 1.60. The van der Waals surface area contributed by atoms with E-state index in [1.54, 1.807) is 6.26 Å². The molecular formula is C20H24N4O2S. The third-order valence-corrected chi connectivity index (χ3v) is 5.37. The first-order chi connectivity index (χ1) is 13.1. The maximum atomic E-state index is 12.4. The second-order valence-corrected chi connectivity index (χ2v) is 7.32. The van der Waals surface area contributed by atoms with E-state index in [-0.39, 0.29) is 11.7 Å². The molecule has 0 fully saturated rings. The summed E-state index contributed by atoms with van der Waals surface area (Å²) >= 11 is 1.39. The van der Waals surface area contributed by atoms with Gasteiger partial charge < -0.3 is 9.73 Å². The van der Waals surface area contributed by atoms with Crippen LogP contribution in [0, 0.1) is 13.8 Å². The molecule has 0 bridgehead atoms. The molecule has 27 heavy (non-hydrogen) atoms. The van der Waals surface area contributed by atoms with Crippen LogP contribution < -0.4 is 5.32 Å². The highest BCUT2D eigenvalue weighted by atomic mass is 32.2. The van der Waals surface area contributed by atoms with Gasteiger partial charge in [-0.15, -0.1) is 10.2 Å². The highest BCUT2D eigenvalue weighted by Gasteiger charge is 2.17. The number of thioether (sulfide) groups is 1. The van der Waals surface area contributed by atoms with Crippen molar-refractivity contribution < 1.29 is 9.21 Å². The van der Waals surface area contributed by atoms with Gasteiger partial charge in [0.25, 0.3) is 0 Å². The number of aryl methyl sites for hydroxylation is 1. The van der Waals surface area contributed by atoms with Crippen LogP contribution in [0.15, 0.2) is 46.2 Å². The Morgan fingerprint density at radius 2 is 2.07 bits per heavy atom. The lowest BCUT2D eigenvalue weighted by Crippen LogP contribution is -2.15. The van der Waals surface area contributed by atoms with Crippen molar-refractivity contribution in [1.29, 1.82) is 0 Å². The van der Waals surface area contributed by atoms with Gasteiger partial charge in [0.1, 0.15) is 0 Å². The van der Waals surface area contributed by atoms with Crippen molar-refractivity contribution in [2.75, 3.05) is 11.1 Å². The van der Waals surface area contributed by atoms with Gasteiger partial charge in [-0.25, -0.2) is 0 Å². The molecule has 0 aliphatic rings. The van der Waals surface area contributed by atoms with Crippen LogP contribution in [0.2, 0.25) is 0 Å². The number of nitrogens with zero attached hydrogens (tertiary/aromatic N) is 3. The van der Waals surface area contributed by atoms with Crippen LogP contribution in [0.3, 0.4) is 0 Å². The predicted molar refractivity (Wildman–Crippen MR) is 108 cm³/mol. The molecule has 0 spiro atoms. The molecule has 3 rings (SSSR count). The molecule has 0 radical (unpaired) electrons. The minimum atomic E-state index is -0.0571. The number of nitrogens with one attached hydrogen (secondary N) is 1. The summed E-state index contributed by atoms with van der Waals surface area (Å²) in [5.41, 5.74) is 3.09. The molecule has 2 heterocycles. The van der Waals surface area contributed by atoms with Crippen LogP contribution in [0.25, 0.3) is 11.6 Å². The van der Waals surface area contributed by atoms with Gasteiger partial charge in [0.15, 0.2) is 16.7 Å². The molecule has 0 saturated heterocycles. The van der Waals surface area contributed by atoms with E-state index in [0.29, 0.717) is 11.6 Å². The van der Waals surface area contributed by atoms with E-state index in [4.69, 9.17) is 4.42 Å². The Kier molecular flexibility index (Phi) is 6.34. The van der Waals surface area contributed by atoms with Gasteiger partial charge in [0, 0.05) is 12.2 Å². The van der Waals surface area contributed by atoms with Crippen molar-refractivity contribution in [3.8, 4) is 11.6 Å². The first-order valence-corrected chi connectivity index (χ1v) is 10.0. The molecule has 1 N–H and O–H groups in total. The van der Waals surface area contributed by atoms with Crippen molar-refractivity contribution in [2.24, 2.45) is 0 Å². The van der Waals surface area contributed by atoms with E-state index in [9.17, 15) is 4.79 Å². The average Bonchev–Trinajstić information content (AvgIpc) is 3.31. The molecule has 0 aliphatic carbocycles. The fraction of sp³-hybridized carbons (Fsp3) is 0.350. The number of rotatable bonds is 8. The summed E-state index contributed by atoms with van der Waals surface area (Å²) in [5, 5.41) is 12.2. The number of amides is 1. The zero-order chi connectivity index (χ0) is 19.2. The van der Waals surface area contributed by atoms with Crippen molar-refractivity contribution in [1.82, 2.24) is 14.8 Å². The summed E-state index contributed by atoms with van der Waals surface area (Å²) in [6.45, 7) is 6.98. The van der Waals surface area contributed by atoms with Crippen LogP contribution in [0.5, 0.6) is 0 Å². The minimum Gasteiger partial charge on any atom is -0.461 e. The highest BCUT2D eigenvalue weighted by molar-refractivity contribution is 7.99. The third kappa shape index (κ3) is 4.60. The second kappa shape index (κ2) is 8.90. The lowest BCUT2D eigenvalue weighted by molar-refractivity contribution is -0.113. The number of carbonyl (C=O) groups excluding carboxylic acids is 1. The Labute approximate surface area is 163 Å². The first kappa shape index (κ1) is 19.2. The van der Waals surface area contributed by atoms with Crippen LogP contribution in [-0.2, 0) is 11.3 Å². The Morgan fingerprint density at radius 1 is 1.22 bits per heavy atom. The van der Waals surface area contributed by atoms with Crippen molar-refractivity contribution in [2.45, 2.75) is 45.3 Å². The topological polar surface area (TPSA) is 73.0 Å². The molecule has 2 aromatic heterocycles. The number of anilines is 1. The zero-order valence-electron chi connectivity index (χ0n) is 15.9. The smallest absolute Gasteiger partial charge is 0.234 e. The molecule has 0 saturated carbocycles. The van der Waals surface area contributed by atoms with Gasteiger partial charge in [-0.3, -0.25) is 9.36 Å². The first-order valence-electron chi connectivity index (χ1n) is 9.06. The number of unbranched alkanes of at least 4 members (excludes halogenated alkanes) is 1. The Balaban J connectivity index is 1.70. The lowest BCUT2D eigenvalue weighted by atomic mass is 10.1. The fourth-order valence-corrected chi connectivity index (χ4v) is 3.47. The summed E-state index contributed by atoms with van der Waals surface area (Å²) < 4.78 is 7.50. The lowest BCUT2D eigenvalue weighted by Gasteiger charge is -2.11. The quantitative estimate of drug-likeness (QED) is 0.571. The van der Waals surface area contributed by atoms with Gasteiger partial charge in [0.2, 0.25) is 5.91 Å². The number of furan rings is 1. The normalized spacial score (nSPS) is 10.9. The molecule has 1 aromatic carbocycles. The maximum Gasteiger partial charge on any atom is 0.234 e. The van der Waals surface area contributed by atoms with Crippen molar-refractivity contribution in [3.63, 3.8) is 0 Å².